The minimum atomic E-state index is 0.574. The monoisotopic (exact) mass is 291 g/mol. The van der Waals surface area contributed by atoms with E-state index in [-0.39, 0.29) is 0 Å². The fraction of sp³-hybridized carbons (Fsp3) is 0.750. The average molecular weight is 291 g/mol. The Morgan fingerprint density at radius 3 is 2.48 bits per heavy atom. The van der Waals surface area contributed by atoms with Crippen molar-refractivity contribution in [2.75, 3.05) is 37.8 Å². The molecule has 118 valence electrons. The van der Waals surface area contributed by atoms with Crippen LogP contribution >= 0.6 is 0 Å². The molecular weight excluding hydrogens is 262 g/mol. The Morgan fingerprint density at radius 1 is 1.24 bits per heavy atom. The van der Waals surface area contributed by atoms with Crippen molar-refractivity contribution in [2.24, 2.45) is 0 Å². The highest BCUT2D eigenvalue weighted by atomic mass is 15.1. The molecule has 5 nitrogen and oxygen atoms in total. The minimum absolute atomic E-state index is 0.574. The van der Waals surface area contributed by atoms with Crippen LogP contribution in [0.4, 0.5) is 11.6 Å². The zero-order valence-corrected chi connectivity index (χ0v) is 14.0. The van der Waals surface area contributed by atoms with Crippen LogP contribution in [0.15, 0.2) is 0 Å². The molecule has 1 fully saturated rings. The molecule has 0 atom stereocenters. The summed E-state index contributed by atoms with van der Waals surface area (Å²) in [4.78, 5) is 11.7. The first-order valence-electron chi connectivity index (χ1n) is 8.03. The van der Waals surface area contributed by atoms with Crippen LogP contribution in [-0.2, 0) is 0 Å². The fourth-order valence-electron chi connectivity index (χ4n) is 2.27. The molecule has 0 spiro atoms. The molecule has 0 radical (unpaired) electrons. The van der Waals surface area contributed by atoms with E-state index in [1.165, 1.54) is 12.8 Å². The Morgan fingerprint density at radius 2 is 1.90 bits per heavy atom. The van der Waals surface area contributed by atoms with Crippen molar-refractivity contribution in [3.05, 3.63) is 11.4 Å². The lowest BCUT2D eigenvalue weighted by molar-refractivity contribution is 0.273. The Hall–Kier alpha value is -1.36. The third kappa shape index (κ3) is 4.30. The Kier molecular flexibility index (Phi) is 5.39. The number of aromatic nitrogens is 2. The van der Waals surface area contributed by atoms with Crippen molar-refractivity contribution in [1.29, 1.82) is 0 Å². The maximum atomic E-state index is 4.72. The topological polar surface area (TPSA) is 53.1 Å². The van der Waals surface area contributed by atoms with Gasteiger partial charge in [0.15, 0.2) is 0 Å². The summed E-state index contributed by atoms with van der Waals surface area (Å²) >= 11 is 0. The summed E-state index contributed by atoms with van der Waals surface area (Å²) < 4.78 is 0. The van der Waals surface area contributed by atoms with Crippen molar-refractivity contribution in [3.8, 4) is 0 Å². The van der Waals surface area contributed by atoms with Crippen molar-refractivity contribution >= 4 is 11.6 Å². The SMILES string of the molecule is CNc1nc(C2CC2)nc(NCCCN(C)C(C)C)c1C. The van der Waals surface area contributed by atoms with Crippen LogP contribution in [0.2, 0.25) is 0 Å². The van der Waals surface area contributed by atoms with Gasteiger partial charge in [-0.2, -0.15) is 0 Å². The van der Waals surface area contributed by atoms with E-state index in [0.717, 1.165) is 42.5 Å². The number of nitrogens with one attached hydrogen (secondary N) is 2. The zero-order valence-electron chi connectivity index (χ0n) is 14.0. The molecule has 2 N–H and O–H groups in total. The van der Waals surface area contributed by atoms with Gasteiger partial charge in [0.2, 0.25) is 0 Å². The Balaban J connectivity index is 1.94. The van der Waals surface area contributed by atoms with Crippen molar-refractivity contribution in [3.63, 3.8) is 0 Å². The molecule has 1 aliphatic carbocycles. The van der Waals surface area contributed by atoms with E-state index in [9.17, 15) is 0 Å². The molecule has 0 bridgehead atoms. The maximum Gasteiger partial charge on any atom is 0.136 e. The van der Waals surface area contributed by atoms with Gasteiger partial charge >= 0.3 is 0 Å². The highest BCUT2D eigenvalue weighted by molar-refractivity contribution is 5.57. The molecule has 21 heavy (non-hydrogen) atoms. The van der Waals surface area contributed by atoms with Gasteiger partial charge < -0.3 is 15.5 Å². The van der Waals surface area contributed by atoms with Gasteiger partial charge in [-0.25, -0.2) is 9.97 Å². The number of anilines is 2. The summed E-state index contributed by atoms with van der Waals surface area (Å²) in [5.41, 5.74) is 1.11. The second-order valence-corrected chi connectivity index (χ2v) is 6.28. The molecule has 1 aliphatic rings. The summed E-state index contributed by atoms with van der Waals surface area (Å²) in [6.45, 7) is 8.57. The molecule has 0 aromatic carbocycles. The summed E-state index contributed by atoms with van der Waals surface area (Å²) in [5, 5.41) is 6.67. The largest absolute Gasteiger partial charge is 0.373 e. The van der Waals surface area contributed by atoms with Gasteiger partial charge in [-0.05, 0) is 53.6 Å². The van der Waals surface area contributed by atoms with Crippen LogP contribution in [0.5, 0.6) is 0 Å². The van der Waals surface area contributed by atoms with Crippen LogP contribution < -0.4 is 10.6 Å². The van der Waals surface area contributed by atoms with Crippen LogP contribution in [0.3, 0.4) is 0 Å². The van der Waals surface area contributed by atoms with E-state index in [1.807, 2.05) is 7.05 Å². The van der Waals surface area contributed by atoms with Gasteiger partial charge in [0.1, 0.15) is 17.5 Å². The van der Waals surface area contributed by atoms with Crippen LogP contribution in [0, 0.1) is 6.92 Å². The van der Waals surface area contributed by atoms with Gasteiger partial charge in [-0.1, -0.05) is 0 Å². The molecule has 0 unspecified atom stereocenters. The maximum absolute atomic E-state index is 4.72. The third-order valence-corrected chi connectivity index (χ3v) is 4.20. The second-order valence-electron chi connectivity index (χ2n) is 6.28. The van der Waals surface area contributed by atoms with E-state index >= 15 is 0 Å². The molecule has 1 heterocycles. The number of rotatable bonds is 8. The van der Waals surface area contributed by atoms with Crippen LogP contribution in [-0.4, -0.2) is 48.1 Å². The summed E-state index contributed by atoms with van der Waals surface area (Å²) in [6, 6.07) is 0.600. The molecule has 0 amide bonds. The molecule has 5 heteroatoms. The lowest BCUT2D eigenvalue weighted by Crippen LogP contribution is -2.28. The molecule has 1 saturated carbocycles. The van der Waals surface area contributed by atoms with E-state index in [1.54, 1.807) is 0 Å². The van der Waals surface area contributed by atoms with Gasteiger partial charge in [0.05, 0.1) is 0 Å². The summed E-state index contributed by atoms with van der Waals surface area (Å²) in [7, 11) is 4.10. The lowest BCUT2D eigenvalue weighted by Gasteiger charge is -2.21. The van der Waals surface area contributed by atoms with E-state index in [2.05, 4.69) is 48.3 Å². The first kappa shape index (κ1) is 16.0. The van der Waals surface area contributed by atoms with Crippen molar-refractivity contribution < 1.29 is 0 Å². The normalized spacial score (nSPS) is 14.8. The number of hydrogen-bond acceptors (Lipinski definition) is 5. The van der Waals surface area contributed by atoms with Crippen LogP contribution in [0.25, 0.3) is 0 Å². The quantitative estimate of drug-likeness (QED) is 0.721. The van der Waals surface area contributed by atoms with Gasteiger partial charge in [-0.15, -0.1) is 0 Å². The Labute approximate surface area is 128 Å². The lowest BCUT2D eigenvalue weighted by atomic mass is 10.2. The van der Waals surface area contributed by atoms with Gasteiger partial charge in [-0.3, -0.25) is 0 Å². The average Bonchev–Trinajstić information content (AvgIpc) is 3.29. The molecular formula is C16H29N5. The highest BCUT2D eigenvalue weighted by Gasteiger charge is 2.28. The summed E-state index contributed by atoms with van der Waals surface area (Å²) in [6.07, 6.45) is 3.57. The minimum Gasteiger partial charge on any atom is -0.373 e. The second kappa shape index (κ2) is 7.07. The smallest absolute Gasteiger partial charge is 0.136 e. The molecule has 0 saturated heterocycles. The van der Waals surface area contributed by atoms with Crippen LogP contribution in [0.1, 0.15) is 50.4 Å². The van der Waals surface area contributed by atoms with E-state index < -0.39 is 0 Å². The first-order valence-corrected chi connectivity index (χ1v) is 8.03. The number of hydrogen-bond donors (Lipinski definition) is 2. The van der Waals surface area contributed by atoms with Crippen molar-refractivity contribution in [2.45, 2.75) is 52.0 Å². The predicted molar refractivity (Wildman–Crippen MR) is 89.2 cm³/mol. The standard InChI is InChI=1S/C16H29N5/c1-11(2)21(5)10-6-9-18-15-12(3)14(17-4)19-16(20-15)13-7-8-13/h11,13H,6-10H2,1-5H3,(H2,17,18,19,20). The summed E-state index contributed by atoms with van der Waals surface area (Å²) in [5.74, 6) is 3.51. The van der Waals surface area contributed by atoms with E-state index in [0.29, 0.717) is 12.0 Å². The van der Waals surface area contributed by atoms with Gasteiger partial charge in [0.25, 0.3) is 0 Å². The Bertz CT molecular complexity index is 468. The fourth-order valence-corrected chi connectivity index (χ4v) is 2.27. The molecule has 2 rings (SSSR count). The first-order chi connectivity index (χ1) is 10.0. The molecule has 1 aromatic rings. The predicted octanol–water partition coefficient (Wildman–Crippen LogP) is 2.85. The zero-order chi connectivity index (χ0) is 15.4. The highest BCUT2D eigenvalue weighted by Crippen LogP contribution is 2.39. The van der Waals surface area contributed by atoms with E-state index in [4.69, 9.17) is 4.98 Å². The number of nitrogens with zero attached hydrogens (tertiary/aromatic N) is 3. The van der Waals surface area contributed by atoms with Crippen molar-refractivity contribution in [1.82, 2.24) is 14.9 Å². The van der Waals surface area contributed by atoms with Gasteiger partial charge in [0, 0.05) is 31.1 Å². The molecule has 0 aliphatic heterocycles. The third-order valence-electron chi connectivity index (χ3n) is 4.20. The molecule has 1 aromatic heterocycles.